The SMILES string of the molecule is CCCNCc1cccc(OCc2ccn(C)n2)c1. The third-order valence-electron chi connectivity index (χ3n) is 2.81. The van der Waals surface area contributed by atoms with Gasteiger partial charge in [0.1, 0.15) is 12.4 Å². The Morgan fingerprint density at radius 2 is 2.21 bits per heavy atom. The number of aromatic nitrogens is 2. The molecule has 0 amide bonds. The lowest BCUT2D eigenvalue weighted by molar-refractivity contribution is 0.299. The molecule has 2 rings (SSSR count). The highest BCUT2D eigenvalue weighted by atomic mass is 16.5. The van der Waals surface area contributed by atoms with E-state index >= 15 is 0 Å². The minimum Gasteiger partial charge on any atom is -0.487 e. The second-order valence-electron chi connectivity index (χ2n) is 4.59. The van der Waals surface area contributed by atoms with Gasteiger partial charge in [-0.05, 0) is 36.7 Å². The van der Waals surface area contributed by atoms with E-state index in [9.17, 15) is 0 Å². The monoisotopic (exact) mass is 259 g/mol. The molecule has 0 saturated carbocycles. The van der Waals surface area contributed by atoms with Crippen LogP contribution in [0.2, 0.25) is 0 Å². The van der Waals surface area contributed by atoms with Crippen molar-refractivity contribution in [3.63, 3.8) is 0 Å². The molecule has 0 saturated heterocycles. The maximum Gasteiger partial charge on any atom is 0.132 e. The summed E-state index contributed by atoms with van der Waals surface area (Å²) in [7, 11) is 1.91. The van der Waals surface area contributed by atoms with Gasteiger partial charge in [0, 0.05) is 19.8 Å². The zero-order chi connectivity index (χ0) is 13.5. The molecule has 19 heavy (non-hydrogen) atoms. The van der Waals surface area contributed by atoms with E-state index in [0.717, 1.165) is 31.0 Å². The van der Waals surface area contributed by atoms with Crippen molar-refractivity contribution in [2.75, 3.05) is 6.54 Å². The van der Waals surface area contributed by atoms with Gasteiger partial charge >= 0.3 is 0 Å². The normalized spacial score (nSPS) is 10.6. The minimum absolute atomic E-state index is 0.507. The van der Waals surface area contributed by atoms with Gasteiger partial charge in [0.15, 0.2) is 0 Å². The molecule has 0 spiro atoms. The predicted molar refractivity (Wildman–Crippen MR) is 76.0 cm³/mol. The molecule has 1 aromatic heterocycles. The first-order valence-corrected chi connectivity index (χ1v) is 6.69. The zero-order valence-corrected chi connectivity index (χ0v) is 11.6. The number of nitrogens with one attached hydrogen (secondary N) is 1. The Morgan fingerprint density at radius 3 is 2.95 bits per heavy atom. The Kier molecular flexibility index (Phi) is 4.98. The summed E-state index contributed by atoms with van der Waals surface area (Å²) < 4.78 is 7.53. The van der Waals surface area contributed by atoms with Crippen LogP contribution in [-0.4, -0.2) is 16.3 Å². The van der Waals surface area contributed by atoms with Gasteiger partial charge in [-0.25, -0.2) is 0 Å². The Morgan fingerprint density at radius 1 is 1.32 bits per heavy atom. The van der Waals surface area contributed by atoms with E-state index in [-0.39, 0.29) is 0 Å². The number of hydrogen-bond donors (Lipinski definition) is 1. The number of hydrogen-bond acceptors (Lipinski definition) is 3. The average Bonchev–Trinajstić information content (AvgIpc) is 2.83. The van der Waals surface area contributed by atoms with E-state index in [1.165, 1.54) is 5.56 Å². The van der Waals surface area contributed by atoms with Crippen LogP contribution in [0.1, 0.15) is 24.6 Å². The molecule has 0 fully saturated rings. The number of nitrogens with zero attached hydrogens (tertiary/aromatic N) is 2. The van der Waals surface area contributed by atoms with Crippen molar-refractivity contribution in [2.45, 2.75) is 26.5 Å². The Hall–Kier alpha value is -1.81. The van der Waals surface area contributed by atoms with E-state index in [1.807, 2.05) is 31.4 Å². The number of aryl methyl sites for hydroxylation is 1. The molecule has 0 aliphatic carbocycles. The molecule has 0 bridgehead atoms. The third-order valence-corrected chi connectivity index (χ3v) is 2.81. The van der Waals surface area contributed by atoms with Gasteiger partial charge in [-0.2, -0.15) is 5.10 Å². The minimum atomic E-state index is 0.507. The van der Waals surface area contributed by atoms with Gasteiger partial charge < -0.3 is 10.1 Å². The van der Waals surface area contributed by atoms with E-state index in [4.69, 9.17) is 4.74 Å². The molecule has 0 aliphatic heterocycles. The predicted octanol–water partition coefficient (Wildman–Crippen LogP) is 2.50. The molecule has 1 N–H and O–H groups in total. The lowest BCUT2D eigenvalue weighted by Crippen LogP contribution is -2.13. The largest absolute Gasteiger partial charge is 0.487 e. The molecule has 0 aliphatic rings. The average molecular weight is 259 g/mol. The summed E-state index contributed by atoms with van der Waals surface area (Å²) in [6.45, 7) is 4.60. The van der Waals surface area contributed by atoms with Crippen LogP contribution in [0.3, 0.4) is 0 Å². The summed E-state index contributed by atoms with van der Waals surface area (Å²) in [6.07, 6.45) is 3.07. The molecular formula is C15H21N3O. The van der Waals surface area contributed by atoms with Crippen molar-refractivity contribution < 1.29 is 4.74 Å². The van der Waals surface area contributed by atoms with Crippen molar-refractivity contribution in [3.05, 3.63) is 47.8 Å². The van der Waals surface area contributed by atoms with Gasteiger partial charge in [0.05, 0.1) is 5.69 Å². The first-order chi connectivity index (χ1) is 9.28. The quantitative estimate of drug-likeness (QED) is 0.776. The van der Waals surface area contributed by atoms with Crippen LogP contribution < -0.4 is 10.1 Å². The lowest BCUT2D eigenvalue weighted by Gasteiger charge is -2.07. The summed E-state index contributed by atoms with van der Waals surface area (Å²) in [5, 5.41) is 7.67. The molecule has 102 valence electrons. The molecule has 0 unspecified atom stereocenters. The zero-order valence-electron chi connectivity index (χ0n) is 11.6. The first-order valence-electron chi connectivity index (χ1n) is 6.69. The van der Waals surface area contributed by atoms with Crippen LogP contribution in [-0.2, 0) is 20.2 Å². The highest BCUT2D eigenvalue weighted by Gasteiger charge is 2.00. The number of ether oxygens (including phenoxy) is 1. The van der Waals surface area contributed by atoms with E-state index in [0.29, 0.717) is 6.61 Å². The molecule has 0 atom stereocenters. The summed E-state index contributed by atoms with van der Waals surface area (Å²) in [5.74, 6) is 0.890. The fourth-order valence-corrected chi connectivity index (χ4v) is 1.85. The van der Waals surface area contributed by atoms with Gasteiger partial charge in [0.25, 0.3) is 0 Å². The molecular weight excluding hydrogens is 238 g/mol. The van der Waals surface area contributed by atoms with Crippen LogP contribution in [0.15, 0.2) is 36.5 Å². The van der Waals surface area contributed by atoms with Crippen molar-refractivity contribution in [1.29, 1.82) is 0 Å². The van der Waals surface area contributed by atoms with Crippen LogP contribution >= 0.6 is 0 Å². The molecule has 1 aromatic carbocycles. The van der Waals surface area contributed by atoms with Crippen molar-refractivity contribution >= 4 is 0 Å². The van der Waals surface area contributed by atoms with Crippen molar-refractivity contribution in [2.24, 2.45) is 7.05 Å². The van der Waals surface area contributed by atoms with Crippen LogP contribution in [0.4, 0.5) is 0 Å². The van der Waals surface area contributed by atoms with Crippen molar-refractivity contribution in [3.8, 4) is 5.75 Å². The van der Waals surface area contributed by atoms with Crippen LogP contribution in [0.25, 0.3) is 0 Å². The van der Waals surface area contributed by atoms with Crippen LogP contribution in [0, 0.1) is 0 Å². The second kappa shape index (κ2) is 6.95. The second-order valence-corrected chi connectivity index (χ2v) is 4.59. The number of benzene rings is 1. The topological polar surface area (TPSA) is 39.1 Å². The molecule has 4 nitrogen and oxygen atoms in total. The molecule has 0 radical (unpaired) electrons. The summed E-state index contributed by atoms with van der Waals surface area (Å²) >= 11 is 0. The molecule has 1 heterocycles. The van der Waals surface area contributed by atoms with E-state index in [2.05, 4.69) is 29.5 Å². The van der Waals surface area contributed by atoms with Gasteiger partial charge in [0.2, 0.25) is 0 Å². The molecule has 2 aromatic rings. The van der Waals surface area contributed by atoms with Gasteiger partial charge in [-0.15, -0.1) is 0 Å². The Balaban J connectivity index is 1.87. The van der Waals surface area contributed by atoms with Gasteiger partial charge in [-0.3, -0.25) is 4.68 Å². The Bertz CT molecular complexity index is 508. The van der Waals surface area contributed by atoms with E-state index in [1.54, 1.807) is 4.68 Å². The van der Waals surface area contributed by atoms with Crippen LogP contribution in [0.5, 0.6) is 5.75 Å². The number of rotatable bonds is 7. The maximum absolute atomic E-state index is 5.75. The highest BCUT2D eigenvalue weighted by Crippen LogP contribution is 2.14. The lowest BCUT2D eigenvalue weighted by atomic mass is 10.2. The third kappa shape index (κ3) is 4.41. The summed E-state index contributed by atoms with van der Waals surface area (Å²) in [4.78, 5) is 0. The Labute approximate surface area is 114 Å². The smallest absolute Gasteiger partial charge is 0.132 e. The maximum atomic E-state index is 5.75. The standard InChI is InChI=1S/C15H21N3O/c1-3-8-16-11-13-5-4-6-15(10-13)19-12-14-7-9-18(2)17-14/h4-7,9-10,16H,3,8,11-12H2,1-2H3. The van der Waals surface area contributed by atoms with E-state index < -0.39 is 0 Å². The first kappa shape index (κ1) is 13.6. The fourth-order valence-electron chi connectivity index (χ4n) is 1.85. The highest BCUT2D eigenvalue weighted by molar-refractivity contribution is 5.28. The van der Waals surface area contributed by atoms with Gasteiger partial charge in [-0.1, -0.05) is 19.1 Å². The van der Waals surface area contributed by atoms with Crippen molar-refractivity contribution in [1.82, 2.24) is 15.1 Å². The fraction of sp³-hybridized carbons (Fsp3) is 0.400. The molecule has 4 heteroatoms. The summed E-state index contributed by atoms with van der Waals surface area (Å²) in [5.41, 5.74) is 2.18. The summed E-state index contributed by atoms with van der Waals surface area (Å²) in [6, 6.07) is 10.2.